The Morgan fingerprint density at radius 1 is 1.15 bits per heavy atom. The summed E-state index contributed by atoms with van der Waals surface area (Å²) in [6.07, 6.45) is 1.68. The van der Waals surface area contributed by atoms with Crippen molar-refractivity contribution in [1.82, 2.24) is 25.1 Å². The van der Waals surface area contributed by atoms with Crippen LogP contribution in [-0.4, -0.2) is 38.0 Å². The largest absolute Gasteiger partial charge is 0.357 e. The van der Waals surface area contributed by atoms with Crippen LogP contribution >= 0.6 is 0 Å². The molecular formula is C19H16FN5O. The number of halogens is 1. The number of nitrogens with zero attached hydrogens (tertiary/aromatic N) is 3. The molecule has 0 saturated heterocycles. The van der Waals surface area contributed by atoms with Crippen LogP contribution in [0, 0.1) is 5.82 Å². The van der Waals surface area contributed by atoms with Crippen molar-refractivity contribution in [3.63, 3.8) is 0 Å². The minimum atomic E-state index is -0.285. The predicted molar refractivity (Wildman–Crippen MR) is 95.9 cm³/mol. The van der Waals surface area contributed by atoms with Gasteiger partial charge in [-0.3, -0.25) is 14.9 Å². The minimum absolute atomic E-state index is 0.190. The van der Waals surface area contributed by atoms with E-state index in [1.807, 2.05) is 24.3 Å². The average Bonchev–Trinajstić information content (AvgIpc) is 3.28. The second kappa shape index (κ2) is 6.44. The molecule has 7 heteroatoms. The summed E-state index contributed by atoms with van der Waals surface area (Å²) in [6, 6.07) is 13.6. The van der Waals surface area contributed by atoms with E-state index < -0.39 is 0 Å². The van der Waals surface area contributed by atoms with Crippen molar-refractivity contribution >= 4 is 16.8 Å². The van der Waals surface area contributed by atoms with Crippen LogP contribution in [0.3, 0.4) is 0 Å². The van der Waals surface area contributed by atoms with Gasteiger partial charge in [-0.2, -0.15) is 5.10 Å². The molecular weight excluding hydrogens is 333 g/mol. The van der Waals surface area contributed by atoms with Crippen LogP contribution in [0.4, 0.5) is 4.39 Å². The van der Waals surface area contributed by atoms with E-state index in [1.54, 1.807) is 30.3 Å². The Hall–Kier alpha value is -3.48. The highest BCUT2D eigenvalue weighted by Crippen LogP contribution is 2.19. The minimum Gasteiger partial charge on any atom is -0.357 e. The first-order chi connectivity index (χ1) is 12.6. The van der Waals surface area contributed by atoms with Crippen molar-refractivity contribution in [2.45, 2.75) is 6.54 Å². The van der Waals surface area contributed by atoms with Crippen molar-refractivity contribution in [3.05, 3.63) is 71.9 Å². The van der Waals surface area contributed by atoms with E-state index in [4.69, 9.17) is 0 Å². The first-order valence-corrected chi connectivity index (χ1v) is 8.09. The van der Waals surface area contributed by atoms with E-state index in [0.717, 1.165) is 16.6 Å². The topological polar surface area (TPSA) is 77.7 Å². The van der Waals surface area contributed by atoms with Gasteiger partial charge in [0.15, 0.2) is 0 Å². The van der Waals surface area contributed by atoms with Gasteiger partial charge in [-0.25, -0.2) is 4.39 Å². The fourth-order valence-corrected chi connectivity index (χ4v) is 2.86. The molecule has 0 radical (unpaired) electrons. The molecule has 0 saturated carbocycles. The monoisotopic (exact) mass is 349 g/mol. The van der Waals surface area contributed by atoms with Gasteiger partial charge in [0.25, 0.3) is 5.91 Å². The third kappa shape index (κ3) is 3.06. The zero-order chi connectivity index (χ0) is 18.1. The molecule has 0 bridgehead atoms. The Bertz CT molecular complexity index is 1070. The summed E-state index contributed by atoms with van der Waals surface area (Å²) < 4.78 is 13.3. The lowest BCUT2D eigenvalue weighted by molar-refractivity contribution is 0.0778. The van der Waals surface area contributed by atoms with Gasteiger partial charge in [-0.15, -0.1) is 0 Å². The second-order valence-electron chi connectivity index (χ2n) is 6.07. The van der Waals surface area contributed by atoms with Crippen LogP contribution in [0.1, 0.15) is 16.2 Å². The number of carbonyl (C=O) groups excluding carboxylic acids is 1. The van der Waals surface area contributed by atoms with Crippen LogP contribution in [0.5, 0.6) is 0 Å². The number of nitrogens with one attached hydrogen (secondary N) is 2. The van der Waals surface area contributed by atoms with Crippen molar-refractivity contribution in [2.75, 3.05) is 7.05 Å². The van der Waals surface area contributed by atoms with Gasteiger partial charge >= 0.3 is 0 Å². The zero-order valence-electron chi connectivity index (χ0n) is 14.0. The van der Waals surface area contributed by atoms with Gasteiger partial charge in [0, 0.05) is 29.8 Å². The molecule has 0 atom stereocenters. The summed E-state index contributed by atoms with van der Waals surface area (Å²) in [6.45, 7) is 0.368. The van der Waals surface area contributed by atoms with Crippen LogP contribution in [0.25, 0.3) is 22.3 Å². The SMILES string of the molecule is CN(Cc1cc2cc(F)ccc2[nH]1)C(=O)c1cc(-c2ccccn2)n[nH]1. The number of H-pyrrole nitrogens is 2. The van der Waals surface area contributed by atoms with E-state index in [-0.39, 0.29) is 11.7 Å². The van der Waals surface area contributed by atoms with E-state index >= 15 is 0 Å². The fourth-order valence-electron chi connectivity index (χ4n) is 2.86. The van der Waals surface area contributed by atoms with Crippen molar-refractivity contribution in [1.29, 1.82) is 0 Å². The van der Waals surface area contributed by atoms with E-state index in [9.17, 15) is 9.18 Å². The number of rotatable bonds is 4. The van der Waals surface area contributed by atoms with E-state index in [2.05, 4.69) is 20.2 Å². The first-order valence-electron chi connectivity index (χ1n) is 8.09. The number of hydrogen-bond acceptors (Lipinski definition) is 3. The van der Waals surface area contributed by atoms with E-state index in [1.165, 1.54) is 12.1 Å². The smallest absolute Gasteiger partial charge is 0.271 e. The van der Waals surface area contributed by atoms with Gasteiger partial charge in [-0.05, 0) is 42.5 Å². The fraction of sp³-hybridized carbons (Fsp3) is 0.105. The highest BCUT2D eigenvalue weighted by molar-refractivity contribution is 5.93. The van der Waals surface area contributed by atoms with Gasteiger partial charge < -0.3 is 9.88 Å². The molecule has 26 heavy (non-hydrogen) atoms. The van der Waals surface area contributed by atoms with Crippen LogP contribution < -0.4 is 0 Å². The highest BCUT2D eigenvalue weighted by atomic mass is 19.1. The molecule has 0 fully saturated rings. The number of pyridine rings is 1. The van der Waals surface area contributed by atoms with Crippen molar-refractivity contribution < 1.29 is 9.18 Å². The molecule has 130 valence electrons. The standard InChI is InChI=1S/C19H16FN5O/c1-25(11-14-9-12-8-13(20)5-6-15(12)22-14)19(26)18-10-17(23-24-18)16-4-2-3-7-21-16/h2-10,22H,11H2,1H3,(H,23,24). The molecule has 0 aliphatic rings. The predicted octanol–water partition coefficient (Wildman–Crippen LogP) is 3.36. The Labute approximate surface area is 148 Å². The Kier molecular flexibility index (Phi) is 3.96. The van der Waals surface area contributed by atoms with Crippen LogP contribution in [-0.2, 0) is 6.54 Å². The van der Waals surface area contributed by atoms with Gasteiger partial charge in [0.05, 0.1) is 12.2 Å². The molecule has 0 aliphatic heterocycles. The van der Waals surface area contributed by atoms with Gasteiger partial charge in [0.1, 0.15) is 17.2 Å². The molecule has 4 rings (SSSR count). The Balaban J connectivity index is 1.51. The normalized spacial score (nSPS) is 11.0. The maximum atomic E-state index is 13.3. The van der Waals surface area contributed by atoms with E-state index in [0.29, 0.717) is 23.6 Å². The second-order valence-corrected chi connectivity index (χ2v) is 6.07. The van der Waals surface area contributed by atoms with Gasteiger partial charge in [-0.1, -0.05) is 6.07 Å². The van der Waals surface area contributed by atoms with Crippen LogP contribution in [0.2, 0.25) is 0 Å². The summed E-state index contributed by atoms with van der Waals surface area (Å²) in [5.74, 6) is -0.475. The summed E-state index contributed by atoms with van der Waals surface area (Å²) >= 11 is 0. The lowest BCUT2D eigenvalue weighted by Crippen LogP contribution is -2.26. The summed E-state index contributed by atoms with van der Waals surface area (Å²) in [5.41, 5.74) is 3.36. The molecule has 0 spiro atoms. The summed E-state index contributed by atoms with van der Waals surface area (Å²) in [5, 5.41) is 7.70. The van der Waals surface area contributed by atoms with Gasteiger partial charge in [0.2, 0.25) is 0 Å². The molecule has 3 heterocycles. The Morgan fingerprint density at radius 2 is 2.04 bits per heavy atom. The van der Waals surface area contributed by atoms with Crippen LogP contribution in [0.15, 0.2) is 54.7 Å². The molecule has 6 nitrogen and oxygen atoms in total. The first kappa shape index (κ1) is 16.0. The van der Waals surface area contributed by atoms with Crippen molar-refractivity contribution in [3.8, 4) is 11.4 Å². The maximum absolute atomic E-state index is 13.3. The summed E-state index contributed by atoms with van der Waals surface area (Å²) in [7, 11) is 1.70. The number of aromatic nitrogens is 4. The molecule has 0 aliphatic carbocycles. The lowest BCUT2D eigenvalue weighted by Gasteiger charge is -2.14. The molecule has 2 N–H and O–H groups in total. The zero-order valence-corrected chi connectivity index (χ0v) is 14.0. The number of benzene rings is 1. The molecule has 1 aromatic carbocycles. The maximum Gasteiger partial charge on any atom is 0.271 e. The number of carbonyl (C=O) groups is 1. The highest BCUT2D eigenvalue weighted by Gasteiger charge is 2.17. The number of aromatic amines is 2. The quantitative estimate of drug-likeness (QED) is 0.593. The average molecular weight is 349 g/mol. The number of fused-ring (bicyclic) bond motifs is 1. The third-order valence-corrected chi connectivity index (χ3v) is 4.13. The third-order valence-electron chi connectivity index (χ3n) is 4.13. The molecule has 4 aromatic rings. The number of amides is 1. The lowest BCUT2D eigenvalue weighted by atomic mass is 10.2. The molecule has 0 unspecified atom stereocenters. The number of hydrogen-bond donors (Lipinski definition) is 2. The Morgan fingerprint density at radius 3 is 2.85 bits per heavy atom. The molecule has 1 amide bonds. The summed E-state index contributed by atoms with van der Waals surface area (Å²) in [4.78, 5) is 21.6. The van der Waals surface area contributed by atoms with Crippen molar-refractivity contribution in [2.24, 2.45) is 0 Å². The molecule has 3 aromatic heterocycles.